The molecular weight excluding hydrogens is 160 g/mol. The molecule has 1 aromatic rings. The van der Waals surface area contributed by atoms with E-state index in [-0.39, 0.29) is 5.41 Å². The number of rotatable bonds is 1. The van der Waals surface area contributed by atoms with Gasteiger partial charge in [-0.15, -0.1) is 0 Å². The number of nitrogens with one attached hydrogen (secondary N) is 2. The van der Waals surface area contributed by atoms with Crippen LogP contribution in [0.3, 0.4) is 0 Å². The number of hydrogen-bond acceptors (Lipinski definition) is 2. The summed E-state index contributed by atoms with van der Waals surface area (Å²) in [4.78, 5) is 0. The van der Waals surface area contributed by atoms with Gasteiger partial charge in [-0.05, 0) is 23.8 Å². The average molecular weight is 176 g/mol. The Morgan fingerprint density at radius 2 is 2.15 bits per heavy atom. The van der Waals surface area contributed by atoms with E-state index in [1.807, 2.05) is 7.05 Å². The van der Waals surface area contributed by atoms with Crippen LogP contribution in [0, 0.1) is 0 Å². The highest BCUT2D eigenvalue weighted by atomic mass is 14.9. The summed E-state index contributed by atoms with van der Waals surface area (Å²) in [6, 6.07) is 6.48. The molecule has 2 N–H and O–H groups in total. The number of fused-ring (bicyclic) bond motifs is 1. The van der Waals surface area contributed by atoms with Crippen LogP contribution in [-0.2, 0) is 5.41 Å². The molecule has 2 heteroatoms. The third kappa shape index (κ3) is 1.26. The monoisotopic (exact) mass is 176 g/mol. The second-order valence-electron chi connectivity index (χ2n) is 4.25. The highest BCUT2D eigenvalue weighted by molar-refractivity contribution is 5.65. The van der Waals surface area contributed by atoms with Gasteiger partial charge in [0.15, 0.2) is 0 Å². The molecule has 0 saturated heterocycles. The lowest BCUT2D eigenvalue weighted by molar-refractivity contribution is 0.586. The van der Waals surface area contributed by atoms with Crippen molar-refractivity contribution < 1.29 is 0 Å². The van der Waals surface area contributed by atoms with Crippen LogP contribution < -0.4 is 10.6 Å². The molecule has 1 aliphatic heterocycles. The number of benzene rings is 1. The molecule has 1 aliphatic rings. The highest BCUT2D eigenvalue weighted by Crippen LogP contribution is 2.37. The first-order valence-corrected chi connectivity index (χ1v) is 4.70. The Morgan fingerprint density at radius 3 is 2.85 bits per heavy atom. The molecule has 0 fully saturated rings. The normalized spacial score (nSPS) is 17.8. The molecule has 70 valence electrons. The van der Waals surface area contributed by atoms with E-state index in [1.54, 1.807) is 0 Å². The molecular formula is C11H16N2. The fourth-order valence-corrected chi connectivity index (χ4v) is 1.83. The van der Waals surface area contributed by atoms with E-state index in [0.29, 0.717) is 0 Å². The summed E-state index contributed by atoms with van der Waals surface area (Å²) in [5.41, 5.74) is 4.15. The van der Waals surface area contributed by atoms with E-state index < -0.39 is 0 Å². The summed E-state index contributed by atoms with van der Waals surface area (Å²) in [6.07, 6.45) is 0. The van der Waals surface area contributed by atoms with Crippen molar-refractivity contribution in [1.29, 1.82) is 0 Å². The Bertz CT molecular complexity index is 329. The van der Waals surface area contributed by atoms with Crippen molar-refractivity contribution in [2.75, 3.05) is 24.2 Å². The Kier molecular flexibility index (Phi) is 1.72. The average Bonchev–Trinajstić information content (AvgIpc) is 2.42. The third-order valence-corrected chi connectivity index (χ3v) is 2.76. The van der Waals surface area contributed by atoms with E-state index in [2.05, 4.69) is 42.7 Å². The summed E-state index contributed by atoms with van der Waals surface area (Å²) in [5, 5.41) is 6.58. The molecule has 0 aliphatic carbocycles. The zero-order chi connectivity index (χ0) is 9.47. The third-order valence-electron chi connectivity index (χ3n) is 2.76. The summed E-state index contributed by atoms with van der Waals surface area (Å²) in [7, 11) is 1.96. The number of hydrogen-bond donors (Lipinski definition) is 2. The lowest BCUT2D eigenvalue weighted by Crippen LogP contribution is -2.18. The zero-order valence-electron chi connectivity index (χ0n) is 8.44. The van der Waals surface area contributed by atoms with Crippen molar-refractivity contribution in [2.45, 2.75) is 19.3 Å². The van der Waals surface area contributed by atoms with Crippen molar-refractivity contribution in [2.24, 2.45) is 0 Å². The van der Waals surface area contributed by atoms with E-state index in [9.17, 15) is 0 Å². The van der Waals surface area contributed by atoms with Crippen LogP contribution in [0.25, 0.3) is 0 Å². The van der Waals surface area contributed by atoms with Gasteiger partial charge in [-0.1, -0.05) is 13.8 Å². The second-order valence-corrected chi connectivity index (χ2v) is 4.25. The first-order valence-electron chi connectivity index (χ1n) is 4.70. The predicted molar refractivity (Wildman–Crippen MR) is 57.5 cm³/mol. The molecule has 0 bridgehead atoms. The van der Waals surface area contributed by atoms with Crippen LogP contribution in [0.4, 0.5) is 11.4 Å². The Labute approximate surface area is 79.4 Å². The van der Waals surface area contributed by atoms with Gasteiger partial charge in [-0.3, -0.25) is 0 Å². The van der Waals surface area contributed by atoms with Gasteiger partial charge in [-0.2, -0.15) is 0 Å². The zero-order valence-corrected chi connectivity index (χ0v) is 8.44. The smallest absolute Gasteiger partial charge is 0.0380 e. The topological polar surface area (TPSA) is 24.1 Å². The molecule has 1 heterocycles. The van der Waals surface area contributed by atoms with Crippen LogP contribution in [0.2, 0.25) is 0 Å². The molecule has 0 aromatic heterocycles. The Balaban J connectivity index is 2.50. The predicted octanol–water partition coefficient (Wildman–Crippen LogP) is 2.43. The fourth-order valence-electron chi connectivity index (χ4n) is 1.83. The molecule has 13 heavy (non-hydrogen) atoms. The van der Waals surface area contributed by atoms with Crippen LogP contribution in [0.5, 0.6) is 0 Å². The van der Waals surface area contributed by atoms with Gasteiger partial charge >= 0.3 is 0 Å². The summed E-state index contributed by atoms with van der Waals surface area (Å²) in [6.45, 7) is 5.58. The highest BCUT2D eigenvalue weighted by Gasteiger charge is 2.29. The van der Waals surface area contributed by atoms with Gasteiger partial charge in [0.1, 0.15) is 0 Å². The Hall–Kier alpha value is -1.18. The molecule has 0 amide bonds. The summed E-state index contributed by atoms with van der Waals surface area (Å²) >= 11 is 0. The first-order chi connectivity index (χ1) is 6.13. The van der Waals surface area contributed by atoms with Gasteiger partial charge < -0.3 is 10.6 Å². The summed E-state index contributed by atoms with van der Waals surface area (Å²) < 4.78 is 0. The van der Waals surface area contributed by atoms with Crippen LogP contribution in [0.1, 0.15) is 19.4 Å². The van der Waals surface area contributed by atoms with Crippen LogP contribution in [-0.4, -0.2) is 13.6 Å². The molecule has 1 aromatic carbocycles. The van der Waals surface area contributed by atoms with Crippen molar-refractivity contribution in [3.05, 3.63) is 23.8 Å². The Morgan fingerprint density at radius 1 is 1.38 bits per heavy atom. The van der Waals surface area contributed by atoms with Crippen LogP contribution in [0.15, 0.2) is 18.2 Å². The number of anilines is 2. The van der Waals surface area contributed by atoms with Gasteiger partial charge in [0, 0.05) is 30.4 Å². The van der Waals surface area contributed by atoms with E-state index in [1.165, 1.54) is 16.9 Å². The largest absolute Gasteiger partial charge is 0.388 e. The minimum absolute atomic E-state index is 0.266. The van der Waals surface area contributed by atoms with E-state index in [4.69, 9.17) is 0 Å². The molecule has 2 nitrogen and oxygen atoms in total. The first kappa shape index (κ1) is 8.42. The van der Waals surface area contributed by atoms with Crippen molar-refractivity contribution in [1.82, 2.24) is 0 Å². The fraction of sp³-hybridized carbons (Fsp3) is 0.455. The SMILES string of the molecule is CNc1ccc2c(c1)C(C)(C)CN2. The van der Waals surface area contributed by atoms with Crippen molar-refractivity contribution in [3.63, 3.8) is 0 Å². The van der Waals surface area contributed by atoms with Gasteiger partial charge in [0.25, 0.3) is 0 Å². The van der Waals surface area contributed by atoms with Crippen molar-refractivity contribution in [3.8, 4) is 0 Å². The lowest BCUT2D eigenvalue weighted by Gasteiger charge is -2.17. The molecule has 0 saturated carbocycles. The minimum atomic E-state index is 0.266. The van der Waals surface area contributed by atoms with Crippen LogP contribution >= 0.6 is 0 Å². The van der Waals surface area contributed by atoms with Gasteiger partial charge in [-0.25, -0.2) is 0 Å². The lowest BCUT2D eigenvalue weighted by atomic mass is 9.87. The summed E-state index contributed by atoms with van der Waals surface area (Å²) in [5.74, 6) is 0. The maximum atomic E-state index is 3.41. The molecule has 0 atom stereocenters. The molecule has 2 rings (SSSR count). The van der Waals surface area contributed by atoms with Gasteiger partial charge in [0.2, 0.25) is 0 Å². The molecule has 0 spiro atoms. The maximum absolute atomic E-state index is 3.41. The van der Waals surface area contributed by atoms with Crippen molar-refractivity contribution >= 4 is 11.4 Å². The second kappa shape index (κ2) is 2.66. The standard InChI is InChI=1S/C11H16N2/c1-11(2)7-13-10-5-4-8(12-3)6-9(10)11/h4-6,12-13H,7H2,1-3H3. The molecule has 0 radical (unpaired) electrons. The van der Waals surface area contributed by atoms with E-state index >= 15 is 0 Å². The van der Waals surface area contributed by atoms with E-state index in [0.717, 1.165) is 6.54 Å². The quantitative estimate of drug-likeness (QED) is 0.686. The minimum Gasteiger partial charge on any atom is -0.388 e. The molecule has 0 unspecified atom stereocenters. The van der Waals surface area contributed by atoms with Gasteiger partial charge in [0.05, 0.1) is 0 Å². The maximum Gasteiger partial charge on any atom is 0.0380 e.